The number of carboxylic acids is 1. The third-order valence-electron chi connectivity index (χ3n) is 2.35. The van der Waals surface area contributed by atoms with Gasteiger partial charge in [0.15, 0.2) is 0 Å². The highest BCUT2D eigenvalue weighted by Gasteiger charge is 2.15. The van der Waals surface area contributed by atoms with Gasteiger partial charge < -0.3 is 15.7 Å². The number of hydrogen-bond donors (Lipinski definition) is 3. The van der Waals surface area contributed by atoms with E-state index in [4.69, 9.17) is 5.11 Å². The van der Waals surface area contributed by atoms with Gasteiger partial charge in [-0.2, -0.15) is 0 Å². The zero-order valence-electron chi connectivity index (χ0n) is 9.60. The number of urea groups is 1. The van der Waals surface area contributed by atoms with Crippen LogP contribution in [0.2, 0.25) is 0 Å². The molecule has 0 aliphatic heterocycles. The van der Waals surface area contributed by atoms with Crippen LogP contribution in [0.3, 0.4) is 0 Å². The topological polar surface area (TPSA) is 78.4 Å². The molecule has 17 heavy (non-hydrogen) atoms. The highest BCUT2D eigenvalue weighted by molar-refractivity contribution is 7.09. The number of rotatable bonds is 6. The van der Waals surface area contributed by atoms with Gasteiger partial charge in [-0.05, 0) is 17.9 Å². The Morgan fingerprint density at radius 2 is 2.24 bits per heavy atom. The Balaban J connectivity index is 2.23. The van der Waals surface area contributed by atoms with Gasteiger partial charge in [0.05, 0.1) is 12.5 Å². The summed E-state index contributed by atoms with van der Waals surface area (Å²) in [4.78, 5) is 23.1. The first kappa shape index (κ1) is 13.5. The van der Waals surface area contributed by atoms with Gasteiger partial charge in [0, 0.05) is 11.4 Å². The van der Waals surface area contributed by atoms with Crippen LogP contribution in [-0.4, -0.2) is 23.7 Å². The zero-order chi connectivity index (χ0) is 12.7. The van der Waals surface area contributed by atoms with Crippen molar-refractivity contribution in [3.8, 4) is 0 Å². The summed E-state index contributed by atoms with van der Waals surface area (Å²) in [6.07, 6.45) is 0.501. The van der Waals surface area contributed by atoms with E-state index in [-0.39, 0.29) is 12.6 Å². The Kier molecular flexibility index (Phi) is 5.48. The lowest BCUT2D eigenvalue weighted by Gasteiger charge is -2.11. The van der Waals surface area contributed by atoms with E-state index in [0.717, 1.165) is 4.88 Å². The van der Waals surface area contributed by atoms with Crippen LogP contribution >= 0.6 is 11.3 Å². The third kappa shape index (κ3) is 4.86. The molecule has 1 rings (SSSR count). The summed E-state index contributed by atoms with van der Waals surface area (Å²) in [7, 11) is 0. The van der Waals surface area contributed by atoms with Crippen LogP contribution in [0.25, 0.3) is 0 Å². The molecule has 5 nitrogen and oxygen atoms in total. The number of amides is 2. The summed E-state index contributed by atoms with van der Waals surface area (Å²) in [5, 5.41) is 16.0. The third-order valence-corrected chi connectivity index (χ3v) is 3.23. The Morgan fingerprint density at radius 3 is 2.76 bits per heavy atom. The van der Waals surface area contributed by atoms with Crippen LogP contribution in [-0.2, 0) is 11.3 Å². The van der Waals surface area contributed by atoms with Gasteiger partial charge in [0.1, 0.15) is 0 Å². The molecule has 0 spiro atoms. The van der Waals surface area contributed by atoms with E-state index in [1.165, 1.54) is 0 Å². The molecule has 1 atom stereocenters. The minimum Gasteiger partial charge on any atom is -0.481 e. The number of carboxylic acid groups (broad SMARTS) is 1. The van der Waals surface area contributed by atoms with E-state index in [1.54, 1.807) is 18.3 Å². The normalized spacial score (nSPS) is 11.8. The number of carbonyl (C=O) groups excluding carboxylic acids is 1. The fraction of sp³-hybridized carbons (Fsp3) is 0.455. The van der Waals surface area contributed by atoms with E-state index >= 15 is 0 Å². The van der Waals surface area contributed by atoms with Crippen molar-refractivity contribution in [2.75, 3.05) is 6.54 Å². The molecule has 1 aromatic rings. The van der Waals surface area contributed by atoms with Crippen LogP contribution in [0.4, 0.5) is 4.79 Å². The van der Waals surface area contributed by atoms with Crippen molar-refractivity contribution in [3.63, 3.8) is 0 Å². The number of carbonyl (C=O) groups is 2. The molecule has 0 aliphatic carbocycles. The minimum absolute atomic E-state index is 0.155. The lowest BCUT2D eigenvalue weighted by atomic mass is 10.1. The molecule has 0 saturated carbocycles. The second-order valence-electron chi connectivity index (χ2n) is 3.59. The number of nitrogens with one attached hydrogen (secondary N) is 2. The highest BCUT2D eigenvalue weighted by Crippen LogP contribution is 2.07. The van der Waals surface area contributed by atoms with Crippen molar-refractivity contribution in [1.29, 1.82) is 0 Å². The maximum absolute atomic E-state index is 11.4. The molecule has 1 heterocycles. The molecule has 94 valence electrons. The van der Waals surface area contributed by atoms with Crippen molar-refractivity contribution >= 4 is 23.3 Å². The largest absolute Gasteiger partial charge is 0.481 e. The lowest BCUT2D eigenvalue weighted by molar-refractivity contribution is -0.141. The van der Waals surface area contributed by atoms with Gasteiger partial charge >= 0.3 is 12.0 Å². The first-order valence-corrected chi connectivity index (χ1v) is 6.28. The minimum atomic E-state index is -0.883. The summed E-state index contributed by atoms with van der Waals surface area (Å²) in [6.45, 7) is 2.40. The number of aliphatic carboxylic acids is 1. The summed E-state index contributed by atoms with van der Waals surface area (Å²) in [5.41, 5.74) is 0. The molecule has 0 fully saturated rings. The molecule has 0 bridgehead atoms. The van der Waals surface area contributed by atoms with Gasteiger partial charge in [0.25, 0.3) is 0 Å². The first-order chi connectivity index (χ1) is 8.13. The molecule has 3 N–H and O–H groups in total. The quantitative estimate of drug-likeness (QED) is 0.724. The van der Waals surface area contributed by atoms with Crippen LogP contribution in [0, 0.1) is 5.92 Å². The van der Waals surface area contributed by atoms with Crippen molar-refractivity contribution in [3.05, 3.63) is 22.4 Å². The fourth-order valence-electron chi connectivity index (χ4n) is 1.27. The maximum Gasteiger partial charge on any atom is 0.315 e. The molecule has 0 saturated heterocycles. The Morgan fingerprint density at radius 1 is 1.47 bits per heavy atom. The molecule has 1 unspecified atom stereocenters. The molecular formula is C11H16N2O3S. The van der Waals surface area contributed by atoms with E-state index in [9.17, 15) is 9.59 Å². The predicted molar refractivity (Wildman–Crippen MR) is 66.0 cm³/mol. The van der Waals surface area contributed by atoms with E-state index < -0.39 is 11.9 Å². The monoisotopic (exact) mass is 256 g/mol. The summed E-state index contributed by atoms with van der Waals surface area (Å²) in [6, 6.07) is 3.51. The molecule has 6 heteroatoms. The standard InChI is InChI=1S/C11H16N2O3S/c1-2-8(10(14)15)6-12-11(16)13-7-9-4-3-5-17-9/h3-5,8H,2,6-7H2,1H3,(H,14,15)(H2,12,13,16). The van der Waals surface area contributed by atoms with E-state index in [1.807, 2.05) is 17.5 Å². The molecule has 0 radical (unpaired) electrons. The highest BCUT2D eigenvalue weighted by atomic mass is 32.1. The second kappa shape index (κ2) is 6.90. The summed E-state index contributed by atoms with van der Waals surface area (Å²) >= 11 is 1.56. The fourth-order valence-corrected chi connectivity index (χ4v) is 1.91. The molecule has 1 aromatic heterocycles. The van der Waals surface area contributed by atoms with Gasteiger partial charge in [-0.1, -0.05) is 13.0 Å². The predicted octanol–water partition coefficient (Wildman–Crippen LogP) is 1.66. The van der Waals surface area contributed by atoms with Crippen molar-refractivity contribution in [2.24, 2.45) is 5.92 Å². The molecule has 0 aliphatic rings. The van der Waals surface area contributed by atoms with Crippen LogP contribution < -0.4 is 10.6 Å². The van der Waals surface area contributed by atoms with Crippen LogP contribution in [0.1, 0.15) is 18.2 Å². The summed E-state index contributed by atoms with van der Waals surface area (Å²) in [5.74, 6) is -1.41. The lowest BCUT2D eigenvalue weighted by Crippen LogP contribution is -2.39. The zero-order valence-corrected chi connectivity index (χ0v) is 10.4. The number of hydrogen-bond acceptors (Lipinski definition) is 3. The number of thiophene rings is 1. The maximum atomic E-state index is 11.4. The molecular weight excluding hydrogens is 240 g/mol. The van der Waals surface area contributed by atoms with Gasteiger partial charge in [-0.25, -0.2) is 4.79 Å². The molecule has 2 amide bonds. The second-order valence-corrected chi connectivity index (χ2v) is 4.62. The summed E-state index contributed by atoms with van der Waals surface area (Å²) < 4.78 is 0. The Hall–Kier alpha value is -1.56. The van der Waals surface area contributed by atoms with E-state index in [2.05, 4.69) is 10.6 Å². The van der Waals surface area contributed by atoms with Crippen LogP contribution in [0.5, 0.6) is 0 Å². The smallest absolute Gasteiger partial charge is 0.315 e. The SMILES string of the molecule is CCC(CNC(=O)NCc1cccs1)C(=O)O. The average molecular weight is 256 g/mol. The van der Waals surface area contributed by atoms with Crippen molar-refractivity contribution < 1.29 is 14.7 Å². The Labute approximate surface area is 104 Å². The average Bonchev–Trinajstić information content (AvgIpc) is 2.79. The first-order valence-electron chi connectivity index (χ1n) is 5.40. The van der Waals surface area contributed by atoms with Crippen molar-refractivity contribution in [2.45, 2.75) is 19.9 Å². The Bertz CT molecular complexity index is 365. The van der Waals surface area contributed by atoms with Gasteiger partial charge in [-0.15, -0.1) is 11.3 Å². The van der Waals surface area contributed by atoms with Gasteiger partial charge in [-0.3, -0.25) is 4.79 Å². The van der Waals surface area contributed by atoms with Crippen molar-refractivity contribution in [1.82, 2.24) is 10.6 Å². The van der Waals surface area contributed by atoms with E-state index in [0.29, 0.717) is 13.0 Å². The van der Waals surface area contributed by atoms with Gasteiger partial charge in [0.2, 0.25) is 0 Å². The van der Waals surface area contributed by atoms with Crippen LogP contribution in [0.15, 0.2) is 17.5 Å². The molecule has 0 aromatic carbocycles.